The molecule has 1 nitrogen and oxygen atoms in total. The summed E-state index contributed by atoms with van der Waals surface area (Å²) in [6.07, 6.45) is 0. The van der Waals surface area contributed by atoms with Crippen molar-refractivity contribution in [3.63, 3.8) is 0 Å². The maximum Gasteiger partial charge on any atom is 0.0588 e. The Hall–Kier alpha value is -0.350. The lowest BCUT2D eigenvalue weighted by molar-refractivity contribution is 0.628. The maximum atomic E-state index is 6.13. The third-order valence-corrected chi connectivity index (χ3v) is 4.83. The van der Waals surface area contributed by atoms with E-state index >= 15 is 0 Å². The highest BCUT2D eigenvalue weighted by Crippen LogP contribution is 2.32. The fourth-order valence-electron chi connectivity index (χ4n) is 2.19. The van der Waals surface area contributed by atoms with Crippen molar-refractivity contribution in [3.05, 3.63) is 67.1 Å². The monoisotopic (exact) mass is 415 g/mol. The molecule has 0 radical (unpaired) electrons. The van der Waals surface area contributed by atoms with E-state index in [0.717, 1.165) is 26.1 Å². The number of aryl methyl sites for hydroxylation is 1. The molecule has 0 aromatic heterocycles. The molecule has 106 valence electrons. The van der Waals surface area contributed by atoms with Crippen LogP contribution in [-0.4, -0.2) is 6.54 Å². The molecule has 0 aliphatic carbocycles. The molecule has 2 aromatic carbocycles. The second kappa shape index (κ2) is 7.08. The van der Waals surface area contributed by atoms with Crippen molar-refractivity contribution < 1.29 is 0 Å². The summed E-state index contributed by atoms with van der Waals surface area (Å²) in [5, 5.41) is 4.34. The molecule has 0 saturated heterocycles. The highest BCUT2D eigenvalue weighted by molar-refractivity contribution is 9.11. The minimum Gasteiger partial charge on any atom is -0.306 e. The lowest BCUT2D eigenvalue weighted by atomic mass is 9.97. The van der Waals surface area contributed by atoms with Crippen molar-refractivity contribution >= 4 is 43.5 Å². The molecule has 0 heterocycles. The van der Waals surface area contributed by atoms with Gasteiger partial charge in [-0.15, -0.1) is 0 Å². The summed E-state index contributed by atoms with van der Waals surface area (Å²) in [5.74, 6) is 0. The summed E-state index contributed by atoms with van der Waals surface area (Å²) >= 11 is 13.3. The van der Waals surface area contributed by atoms with Crippen LogP contribution >= 0.6 is 43.5 Å². The van der Waals surface area contributed by atoms with Gasteiger partial charge in [0.25, 0.3) is 0 Å². The van der Waals surface area contributed by atoms with Gasteiger partial charge in [-0.3, -0.25) is 0 Å². The van der Waals surface area contributed by atoms with Gasteiger partial charge in [0.2, 0.25) is 0 Å². The molecule has 0 aliphatic heterocycles. The number of nitrogens with one attached hydrogen (secondary N) is 1. The van der Waals surface area contributed by atoms with E-state index in [1.807, 2.05) is 19.1 Å². The van der Waals surface area contributed by atoms with Crippen LogP contribution in [0.3, 0.4) is 0 Å². The molecule has 0 amide bonds. The molecule has 2 rings (SSSR count). The number of hydrogen-bond donors (Lipinski definition) is 1. The van der Waals surface area contributed by atoms with Crippen molar-refractivity contribution in [2.45, 2.75) is 19.9 Å². The Bertz CT molecular complexity index is 613. The Morgan fingerprint density at radius 2 is 1.90 bits per heavy atom. The standard InChI is InChI=1S/C16H16Br2ClN/c1-3-20-16(11-4-7-15(19)10(2)8-11)13-9-12(17)5-6-14(13)18/h4-9,16,20H,3H2,1-2H3. The zero-order chi connectivity index (χ0) is 14.7. The van der Waals surface area contributed by atoms with E-state index in [0.29, 0.717) is 0 Å². The van der Waals surface area contributed by atoms with Crippen LogP contribution in [0.2, 0.25) is 5.02 Å². The molecule has 1 atom stereocenters. The number of halogens is 3. The fourth-order valence-corrected chi connectivity index (χ4v) is 3.17. The maximum absolute atomic E-state index is 6.13. The van der Waals surface area contributed by atoms with Crippen LogP contribution in [0.25, 0.3) is 0 Å². The van der Waals surface area contributed by atoms with E-state index < -0.39 is 0 Å². The molecular weight excluding hydrogens is 401 g/mol. The third kappa shape index (κ3) is 3.64. The molecule has 0 aliphatic rings. The van der Waals surface area contributed by atoms with Gasteiger partial charge >= 0.3 is 0 Å². The first kappa shape index (κ1) is 16.0. The van der Waals surface area contributed by atoms with Gasteiger partial charge in [-0.1, -0.05) is 62.5 Å². The summed E-state index contributed by atoms with van der Waals surface area (Å²) < 4.78 is 2.17. The van der Waals surface area contributed by atoms with Crippen molar-refractivity contribution in [3.8, 4) is 0 Å². The van der Waals surface area contributed by atoms with Crippen LogP contribution in [0.4, 0.5) is 0 Å². The van der Waals surface area contributed by atoms with E-state index in [4.69, 9.17) is 11.6 Å². The Balaban J connectivity index is 2.49. The van der Waals surface area contributed by atoms with Crippen LogP contribution in [0.15, 0.2) is 45.3 Å². The van der Waals surface area contributed by atoms with E-state index in [2.05, 4.69) is 68.4 Å². The number of benzene rings is 2. The largest absolute Gasteiger partial charge is 0.306 e. The quantitative estimate of drug-likeness (QED) is 0.656. The molecular formula is C16H16Br2ClN. The second-order valence-electron chi connectivity index (χ2n) is 4.67. The van der Waals surface area contributed by atoms with Crippen LogP contribution < -0.4 is 5.32 Å². The second-order valence-corrected chi connectivity index (χ2v) is 6.84. The van der Waals surface area contributed by atoms with Gasteiger partial charge in [-0.2, -0.15) is 0 Å². The predicted molar refractivity (Wildman–Crippen MR) is 93.6 cm³/mol. The van der Waals surface area contributed by atoms with E-state index in [1.165, 1.54) is 11.1 Å². The SMILES string of the molecule is CCNC(c1ccc(Cl)c(C)c1)c1cc(Br)ccc1Br. The molecule has 0 saturated carbocycles. The molecule has 1 N–H and O–H groups in total. The summed E-state index contributed by atoms with van der Waals surface area (Å²) in [4.78, 5) is 0. The topological polar surface area (TPSA) is 12.0 Å². The molecule has 1 unspecified atom stereocenters. The zero-order valence-electron chi connectivity index (χ0n) is 11.4. The Morgan fingerprint density at radius 1 is 1.15 bits per heavy atom. The van der Waals surface area contributed by atoms with Gasteiger partial charge in [-0.25, -0.2) is 0 Å². The van der Waals surface area contributed by atoms with Gasteiger partial charge in [0, 0.05) is 14.0 Å². The molecule has 20 heavy (non-hydrogen) atoms. The highest BCUT2D eigenvalue weighted by Gasteiger charge is 2.17. The van der Waals surface area contributed by atoms with Gasteiger partial charge in [-0.05, 0) is 54.4 Å². The van der Waals surface area contributed by atoms with Crippen LogP contribution in [0.1, 0.15) is 29.7 Å². The van der Waals surface area contributed by atoms with Crippen molar-refractivity contribution in [2.24, 2.45) is 0 Å². The number of hydrogen-bond acceptors (Lipinski definition) is 1. The van der Waals surface area contributed by atoms with E-state index in [9.17, 15) is 0 Å². The predicted octanol–water partition coefficient (Wildman–Crippen LogP) is 5.87. The highest BCUT2D eigenvalue weighted by atomic mass is 79.9. The third-order valence-electron chi connectivity index (χ3n) is 3.19. The summed E-state index contributed by atoms with van der Waals surface area (Å²) in [5.41, 5.74) is 3.52. The van der Waals surface area contributed by atoms with Crippen LogP contribution in [-0.2, 0) is 0 Å². The van der Waals surface area contributed by atoms with E-state index in [-0.39, 0.29) is 6.04 Å². The normalized spacial score (nSPS) is 12.4. The Morgan fingerprint density at radius 3 is 2.55 bits per heavy atom. The summed E-state index contributed by atoms with van der Waals surface area (Å²) in [7, 11) is 0. The van der Waals surface area contributed by atoms with Crippen molar-refractivity contribution in [1.29, 1.82) is 0 Å². The van der Waals surface area contributed by atoms with Gasteiger partial charge < -0.3 is 5.32 Å². The minimum atomic E-state index is 0.142. The first-order chi connectivity index (χ1) is 9.52. The average Bonchev–Trinajstić information content (AvgIpc) is 2.42. The fraction of sp³-hybridized carbons (Fsp3) is 0.250. The van der Waals surface area contributed by atoms with Gasteiger partial charge in [0.05, 0.1) is 6.04 Å². The minimum absolute atomic E-state index is 0.142. The van der Waals surface area contributed by atoms with Crippen LogP contribution in [0.5, 0.6) is 0 Å². The average molecular weight is 418 g/mol. The molecule has 4 heteroatoms. The molecule has 0 spiro atoms. The Kier molecular flexibility index (Phi) is 5.67. The summed E-state index contributed by atoms with van der Waals surface area (Å²) in [6.45, 7) is 5.04. The van der Waals surface area contributed by atoms with Crippen molar-refractivity contribution in [1.82, 2.24) is 5.32 Å². The first-order valence-corrected chi connectivity index (χ1v) is 8.43. The first-order valence-electron chi connectivity index (χ1n) is 6.47. The molecule has 2 aromatic rings. The molecule has 0 bridgehead atoms. The Labute approximate surface area is 142 Å². The van der Waals surface area contributed by atoms with Gasteiger partial charge in [0.1, 0.15) is 0 Å². The smallest absolute Gasteiger partial charge is 0.0588 e. The molecule has 0 fully saturated rings. The lowest BCUT2D eigenvalue weighted by Gasteiger charge is -2.21. The van der Waals surface area contributed by atoms with Gasteiger partial charge in [0.15, 0.2) is 0 Å². The number of rotatable bonds is 4. The zero-order valence-corrected chi connectivity index (χ0v) is 15.3. The summed E-state index contributed by atoms with van der Waals surface area (Å²) in [6, 6.07) is 12.6. The van der Waals surface area contributed by atoms with Crippen LogP contribution in [0, 0.1) is 6.92 Å². The van der Waals surface area contributed by atoms with Crippen molar-refractivity contribution in [2.75, 3.05) is 6.54 Å². The van der Waals surface area contributed by atoms with E-state index in [1.54, 1.807) is 0 Å². The lowest BCUT2D eigenvalue weighted by Crippen LogP contribution is -2.22.